The maximum absolute atomic E-state index is 6.33. The third-order valence-corrected chi connectivity index (χ3v) is 4.57. The number of fused-ring (bicyclic) bond motifs is 1. The molecule has 1 saturated heterocycles. The van der Waals surface area contributed by atoms with Crippen molar-refractivity contribution in [3.8, 4) is 11.5 Å². The van der Waals surface area contributed by atoms with Crippen molar-refractivity contribution < 1.29 is 14.2 Å². The van der Waals surface area contributed by atoms with E-state index in [1.165, 1.54) is 0 Å². The van der Waals surface area contributed by atoms with Gasteiger partial charge >= 0.3 is 0 Å². The van der Waals surface area contributed by atoms with Crippen LogP contribution in [0.5, 0.6) is 11.5 Å². The highest BCUT2D eigenvalue weighted by atomic mass is 35.5. The smallest absolute Gasteiger partial charge is 0.179 e. The molecule has 0 unspecified atom stereocenters. The summed E-state index contributed by atoms with van der Waals surface area (Å²) in [5, 5.41) is 4.12. The molecule has 0 spiro atoms. The summed E-state index contributed by atoms with van der Waals surface area (Å²) in [5.74, 6) is 1.43. The zero-order valence-corrected chi connectivity index (χ0v) is 15.3. The minimum Gasteiger partial charge on any atom is -0.489 e. The fourth-order valence-electron chi connectivity index (χ4n) is 3.32. The maximum atomic E-state index is 6.33. The standard InChI is InChI=1S/C18H27ClN2O3/c1-13-11-21(12-14(2)24-13)5-4-20-10-15-8-16(19)18-17(9-15)22-6-3-7-23-18/h8-9,13-14,20H,3-7,10-12H2,1-2H3/t13-,14+. The summed E-state index contributed by atoms with van der Waals surface area (Å²) in [6.07, 6.45) is 1.51. The van der Waals surface area contributed by atoms with Crippen molar-refractivity contribution in [1.29, 1.82) is 0 Å². The van der Waals surface area contributed by atoms with E-state index in [0.717, 1.165) is 50.5 Å². The monoisotopic (exact) mass is 354 g/mol. The lowest BCUT2D eigenvalue weighted by atomic mass is 10.2. The largest absolute Gasteiger partial charge is 0.489 e. The van der Waals surface area contributed by atoms with E-state index in [1.54, 1.807) is 0 Å². The molecule has 0 amide bonds. The van der Waals surface area contributed by atoms with Crippen molar-refractivity contribution in [1.82, 2.24) is 10.2 Å². The van der Waals surface area contributed by atoms with Gasteiger partial charge in [-0.15, -0.1) is 0 Å². The van der Waals surface area contributed by atoms with Gasteiger partial charge in [0.25, 0.3) is 0 Å². The second-order valence-electron chi connectivity index (χ2n) is 6.65. The van der Waals surface area contributed by atoms with Gasteiger partial charge in [0.2, 0.25) is 0 Å². The maximum Gasteiger partial charge on any atom is 0.179 e. The number of rotatable bonds is 5. The Hall–Kier alpha value is -1.01. The zero-order chi connectivity index (χ0) is 16.9. The molecule has 134 valence electrons. The summed E-state index contributed by atoms with van der Waals surface area (Å²) >= 11 is 6.33. The summed E-state index contributed by atoms with van der Waals surface area (Å²) in [6.45, 7) is 10.3. The number of morpholine rings is 1. The Kier molecular flexibility index (Phi) is 6.22. The van der Waals surface area contributed by atoms with Crippen LogP contribution in [0.15, 0.2) is 12.1 Å². The molecule has 1 fully saturated rings. The lowest BCUT2D eigenvalue weighted by molar-refractivity contribution is -0.0674. The van der Waals surface area contributed by atoms with Crippen LogP contribution in [-0.4, -0.2) is 56.5 Å². The van der Waals surface area contributed by atoms with E-state index in [0.29, 0.717) is 36.2 Å². The van der Waals surface area contributed by atoms with E-state index in [1.807, 2.05) is 12.1 Å². The first-order valence-corrected chi connectivity index (χ1v) is 9.16. The molecule has 5 nitrogen and oxygen atoms in total. The highest BCUT2D eigenvalue weighted by Crippen LogP contribution is 2.37. The van der Waals surface area contributed by atoms with Gasteiger partial charge < -0.3 is 19.5 Å². The molecule has 3 rings (SSSR count). The molecular weight excluding hydrogens is 328 g/mol. The summed E-state index contributed by atoms with van der Waals surface area (Å²) in [7, 11) is 0. The third kappa shape index (κ3) is 4.76. The van der Waals surface area contributed by atoms with Crippen LogP contribution in [0.1, 0.15) is 25.8 Å². The minimum absolute atomic E-state index is 0.314. The van der Waals surface area contributed by atoms with E-state index in [-0.39, 0.29) is 0 Å². The predicted octanol–water partition coefficient (Wildman–Crippen LogP) is 2.70. The van der Waals surface area contributed by atoms with Crippen molar-refractivity contribution in [3.63, 3.8) is 0 Å². The molecule has 2 aliphatic heterocycles. The van der Waals surface area contributed by atoms with Crippen LogP contribution in [0, 0.1) is 0 Å². The van der Waals surface area contributed by atoms with Gasteiger partial charge in [0.05, 0.1) is 30.4 Å². The first-order valence-electron chi connectivity index (χ1n) is 8.78. The van der Waals surface area contributed by atoms with Gasteiger partial charge in [-0.1, -0.05) is 11.6 Å². The fraction of sp³-hybridized carbons (Fsp3) is 0.667. The summed E-state index contributed by atoms with van der Waals surface area (Å²) in [4.78, 5) is 2.45. The Morgan fingerprint density at radius 3 is 2.71 bits per heavy atom. The molecule has 0 aromatic heterocycles. The first-order chi connectivity index (χ1) is 11.6. The molecule has 0 bridgehead atoms. The number of halogens is 1. The van der Waals surface area contributed by atoms with Gasteiger partial charge in [-0.05, 0) is 31.5 Å². The van der Waals surface area contributed by atoms with E-state index in [2.05, 4.69) is 24.1 Å². The van der Waals surface area contributed by atoms with Crippen molar-refractivity contribution in [2.45, 2.75) is 39.0 Å². The van der Waals surface area contributed by atoms with E-state index in [4.69, 9.17) is 25.8 Å². The molecule has 1 aromatic rings. The average Bonchev–Trinajstić information content (AvgIpc) is 2.76. The van der Waals surface area contributed by atoms with Gasteiger partial charge in [0, 0.05) is 39.1 Å². The highest BCUT2D eigenvalue weighted by Gasteiger charge is 2.21. The Balaban J connectivity index is 1.48. The van der Waals surface area contributed by atoms with Crippen LogP contribution in [0.4, 0.5) is 0 Å². The van der Waals surface area contributed by atoms with Crippen LogP contribution in [0.2, 0.25) is 5.02 Å². The van der Waals surface area contributed by atoms with Crippen molar-refractivity contribution in [3.05, 3.63) is 22.7 Å². The van der Waals surface area contributed by atoms with Gasteiger partial charge in [-0.25, -0.2) is 0 Å². The van der Waals surface area contributed by atoms with E-state index in [9.17, 15) is 0 Å². The lowest BCUT2D eigenvalue weighted by Crippen LogP contribution is -2.47. The number of hydrogen-bond acceptors (Lipinski definition) is 5. The molecular formula is C18H27ClN2O3. The SMILES string of the molecule is C[C@@H]1CN(CCNCc2cc(Cl)c3c(c2)OCCCO3)C[C@H](C)O1. The second-order valence-corrected chi connectivity index (χ2v) is 7.06. The van der Waals surface area contributed by atoms with Crippen LogP contribution in [-0.2, 0) is 11.3 Å². The number of hydrogen-bond donors (Lipinski definition) is 1. The summed E-state index contributed by atoms with van der Waals surface area (Å²) in [6, 6.07) is 3.99. The average molecular weight is 355 g/mol. The van der Waals surface area contributed by atoms with Gasteiger partial charge in [-0.2, -0.15) is 0 Å². The Labute approximate surface area is 149 Å². The van der Waals surface area contributed by atoms with E-state index < -0.39 is 0 Å². The molecule has 1 aromatic carbocycles. The lowest BCUT2D eigenvalue weighted by Gasteiger charge is -2.35. The number of ether oxygens (including phenoxy) is 3. The van der Waals surface area contributed by atoms with Crippen LogP contribution in [0.3, 0.4) is 0 Å². The van der Waals surface area contributed by atoms with Gasteiger partial charge in [0.15, 0.2) is 11.5 Å². The molecule has 2 aliphatic rings. The Bertz CT molecular complexity index is 545. The molecule has 2 atom stereocenters. The summed E-state index contributed by atoms with van der Waals surface area (Å²) in [5.41, 5.74) is 1.12. The number of nitrogens with zero attached hydrogens (tertiary/aromatic N) is 1. The molecule has 6 heteroatoms. The first kappa shape index (κ1) is 17.8. The van der Waals surface area contributed by atoms with Crippen molar-refractivity contribution in [2.24, 2.45) is 0 Å². The summed E-state index contributed by atoms with van der Waals surface area (Å²) < 4.78 is 17.2. The topological polar surface area (TPSA) is 43.0 Å². The molecule has 0 radical (unpaired) electrons. The normalized spacial score (nSPS) is 24.6. The van der Waals surface area contributed by atoms with Crippen molar-refractivity contribution >= 4 is 11.6 Å². The number of nitrogens with one attached hydrogen (secondary N) is 1. The third-order valence-electron chi connectivity index (χ3n) is 4.29. The molecule has 2 heterocycles. The predicted molar refractivity (Wildman–Crippen MR) is 95.2 cm³/mol. The molecule has 24 heavy (non-hydrogen) atoms. The second kappa shape index (κ2) is 8.39. The van der Waals surface area contributed by atoms with Crippen LogP contribution < -0.4 is 14.8 Å². The minimum atomic E-state index is 0.314. The van der Waals surface area contributed by atoms with Crippen LogP contribution in [0.25, 0.3) is 0 Å². The quantitative estimate of drug-likeness (QED) is 0.823. The van der Waals surface area contributed by atoms with Crippen LogP contribution >= 0.6 is 11.6 Å². The van der Waals surface area contributed by atoms with Crippen molar-refractivity contribution in [2.75, 3.05) is 39.4 Å². The van der Waals surface area contributed by atoms with E-state index >= 15 is 0 Å². The molecule has 0 saturated carbocycles. The fourth-order valence-corrected chi connectivity index (χ4v) is 3.61. The Morgan fingerprint density at radius 2 is 1.92 bits per heavy atom. The molecule has 0 aliphatic carbocycles. The van der Waals surface area contributed by atoms with Gasteiger partial charge in [0.1, 0.15) is 0 Å². The number of benzene rings is 1. The Morgan fingerprint density at radius 1 is 1.17 bits per heavy atom. The molecule has 1 N–H and O–H groups in total. The van der Waals surface area contributed by atoms with Gasteiger partial charge in [-0.3, -0.25) is 4.90 Å². The zero-order valence-electron chi connectivity index (χ0n) is 14.5. The highest BCUT2D eigenvalue weighted by molar-refractivity contribution is 6.32.